The molecule has 0 aliphatic carbocycles. The van der Waals surface area contributed by atoms with Crippen LogP contribution in [0.5, 0.6) is 5.75 Å². The highest BCUT2D eigenvalue weighted by Crippen LogP contribution is 2.28. The maximum atomic E-state index is 12.8. The summed E-state index contributed by atoms with van der Waals surface area (Å²) in [4.78, 5) is 23.3. The number of anilines is 1. The number of esters is 2. The van der Waals surface area contributed by atoms with Gasteiger partial charge in [0.15, 0.2) is 0 Å². The predicted molar refractivity (Wildman–Crippen MR) is 92.9 cm³/mol. The number of rotatable bonds is 6. The molecule has 0 amide bonds. The van der Waals surface area contributed by atoms with Crippen molar-refractivity contribution in [2.24, 2.45) is 0 Å². The van der Waals surface area contributed by atoms with Crippen molar-refractivity contribution in [3.63, 3.8) is 0 Å². The molecule has 0 aromatic heterocycles. The maximum absolute atomic E-state index is 12.8. The van der Waals surface area contributed by atoms with Crippen molar-refractivity contribution in [3.05, 3.63) is 53.6 Å². The van der Waals surface area contributed by atoms with Gasteiger partial charge in [0, 0.05) is 0 Å². The zero-order valence-electron chi connectivity index (χ0n) is 14.3. The monoisotopic (exact) mass is 379 g/mol. The average Bonchev–Trinajstić information content (AvgIpc) is 2.66. The molecule has 2 aromatic rings. The minimum Gasteiger partial charge on any atom is -0.495 e. The van der Waals surface area contributed by atoms with Gasteiger partial charge >= 0.3 is 11.9 Å². The number of nitrogens with one attached hydrogen (secondary N) is 1. The Kier molecular flexibility index (Phi) is 5.83. The molecule has 0 saturated carbocycles. The number of methoxy groups -OCH3 is 3. The van der Waals surface area contributed by atoms with Gasteiger partial charge in [-0.2, -0.15) is 0 Å². The Hall–Kier alpha value is -3.07. The molecule has 0 fully saturated rings. The van der Waals surface area contributed by atoms with Gasteiger partial charge in [-0.1, -0.05) is 12.1 Å². The van der Waals surface area contributed by atoms with Crippen molar-refractivity contribution in [1.82, 2.24) is 0 Å². The van der Waals surface area contributed by atoms with E-state index in [2.05, 4.69) is 14.2 Å². The minimum absolute atomic E-state index is 0.0273. The van der Waals surface area contributed by atoms with Crippen LogP contribution < -0.4 is 9.46 Å². The lowest BCUT2D eigenvalue weighted by atomic mass is 10.1. The molecule has 0 unspecified atom stereocenters. The van der Waals surface area contributed by atoms with Crippen LogP contribution in [0.15, 0.2) is 47.4 Å². The second-order valence-corrected chi connectivity index (χ2v) is 6.65. The van der Waals surface area contributed by atoms with E-state index in [1.54, 1.807) is 18.2 Å². The third kappa shape index (κ3) is 3.94. The van der Waals surface area contributed by atoms with Crippen LogP contribution in [-0.4, -0.2) is 41.7 Å². The number of hydrogen-bond acceptors (Lipinski definition) is 7. The first-order valence-electron chi connectivity index (χ1n) is 7.30. The number of ether oxygens (including phenoxy) is 3. The predicted octanol–water partition coefficient (Wildman–Crippen LogP) is 2.07. The van der Waals surface area contributed by atoms with Gasteiger partial charge in [0.25, 0.3) is 10.0 Å². The van der Waals surface area contributed by atoms with Crippen molar-refractivity contribution in [2.75, 3.05) is 26.1 Å². The van der Waals surface area contributed by atoms with Gasteiger partial charge in [0.05, 0.1) is 38.1 Å². The molecule has 0 spiro atoms. The van der Waals surface area contributed by atoms with Crippen LogP contribution in [0.25, 0.3) is 0 Å². The second-order valence-electron chi connectivity index (χ2n) is 5.00. The lowest BCUT2D eigenvalue weighted by molar-refractivity contribution is 0.0583. The highest BCUT2D eigenvalue weighted by atomic mass is 32.2. The Balaban J connectivity index is 2.58. The SMILES string of the molecule is COC(=O)c1ccc(C(=O)OC)c(S(=O)(=O)Nc2ccccc2OC)c1. The molecular weight excluding hydrogens is 362 g/mol. The van der Waals surface area contributed by atoms with Crippen LogP contribution in [0, 0.1) is 0 Å². The molecule has 0 atom stereocenters. The van der Waals surface area contributed by atoms with Crippen molar-refractivity contribution >= 4 is 27.6 Å². The first-order valence-corrected chi connectivity index (χ1v) is 8.79. The molecule has 2 rings (SSSR count). The molecule has 0 aliphatic heterocycles. The number of carbonyl (C=O) groups excluding carboxylic acids is 2. The Morgan fingerprint density at radius 1 is 0.923 bits per heavy atom. The molecule has 0 heterocycles. The zero-order valence-corrected chi connectivity index (χ0v) is 15.1. The summed E-state index contributed by atoms with van der Waals surface area (Å²) in [7, 11) is -0.551. The normalized spacial score (nSPS) is 10.7. The summed E-state index contributed by atoms with van der Waals surface area (Å²) in [6.07, 6.45) is 0. The Labute approximate surface area is 150 Å². The van der Waals surface area contributed by atoms with Crippen LogP contribution in [0.4, 0.5) is 5.69 Å². The quantitative estimate of drug-likeness (QED) is 0.766. The lowest BCUT2D eigenvalue weighted by Crippen LogP contribution is -2.19. The van der Waals surface area contributed by atoms with E-state index in [0.717, 1.165) is 20.3 Å². The maximum Gasteiger partial charge on any atom is 0.339 e. The second kappa shape index (κ2) is 7.87. The van der Waals surface area contributed by atoms with Crippen molar-refractivity contribution in [3.8, 4) is 5.75 Å². The topological polar surface area (TPSA) is 108 Å². The Morgan fingerprint density at radius 2 is 1.58 bits per heavy atom. The molecule has 26 heavy (non-hydrogen) atoms. The fraction of sp³-hybridized carbons (Fsp3) is 0.176. The molecule has 9 heteroatoms. The average molecular weight is 379 g/mol. The smallest absolute Gasteiger partial charge is 0.339 e. The van der Waals surface area contributed by atoms with E-state index in [9.17, 15) is 18.0 Å². The summed E-state index contributed by atoms with van der Waals surface area (Å²) in [5, 5.41) is 0. The Morgan fingerprint density at radius 3 is 2.19 bits per heavy atom. The van der Waals surface area contributed by atoms with Gasteiger partial charge in [-0.25, -0.2) is 18.0 Å². The van der Waals surface area contributed by atoms with Crippen LogP contribution in [0.3, 0.4) is 0 Å². The molecule has 0 bridgehead atoms. The molecule has 1 N–H and O–H groups in total. The van der Waals surface area contributed by atoms with E-state index in [1.165, 1.54) is 25.3 Å². The van der Waals surface area contributed by atoms with E-state index in [4.69, 9.17) is 4.74 Å². The molecule has 8 nitrogen and oxygen atoms in total. The van der Waals surface area contributed by atoms with E-state index in [-0.39, 0.29) is 16.8 Å². The largest absolute Gasteiger partial charge is 0.495 e. The molecule has 138 valence electrons. The zero-order chi connectivity index (χ0) is 19.3. The van der Waals surface area contributed by atoms with Crippen molar-refractivity contribution in [1.29, 1.82) is 0 Å². The standard InChI is InChI=1S/C17H17NO7S/c1-23-14-7-5-4-6-13(14)18-26(21,22)15-10-11(16(19)24-2)8-9-12(15)17(20)25-3/h4-10,18H,1-3H3. The lowest BCUT2D eigenvalue weighted by Gasteiger charge is -2.14. The number of sulfonamides is 1. The van der Waals surface area contributed by atoms with Gasteiger partial charge in [0.1, 0.15) is 10.6 Å². The minimum atomic E-state index is -4.23. The fourth-order valence-electron chi connectivity index (χ4n) is 2.20. The van der Waals surface area contributed by atoms with Crippen LogP contribution in [0.1, 0.15) is 20.7 Å². The van der Waals surface area contributed by atoms with Crippen molar-refractivity contribution < 1.29 is 32.2 Å². The highest BCUT2D eigenvalue weighted by Gasteiger charge is 2.26. The van der Waals surface area contributed by atoms with Gasteiger partial charge in [0.2, 0.25) is 0 Å². The number of para-hydroxylation sites is 2. The summed E-state index contributed by atoms with van der Waals surface area (Å²) in [5.41, 5.74) is -0.0719. The molecule has 0 radical (unpaired) electrons. The van der Waals surface area contributed by atoms with Gasteiger partial charge < -0.3 is 14.2 Å². The van der Waals surface area contributed by atoms with Crippen LogP contribution in [-0.2, 0) is 19.5 Å². The van der Waals surface area contributed by atoms with Gasteiger partial charge in [-0.15, -0.1) is 0 Å². The van der Waals surface area contributed by atoms with Gasteiger partial charge in [-0.05, 0) is 30.3 Å². The molecule has 2 aromatic carbocycles. The van der Waals surface area contributed by atoms with Gasteiger partial charge in [-0.3, -0.25) is 4.72 Å². The van der Waals surface area contributed by atoms with E-state index in [0.29, 0.717) is 5.75 Å². The summed E-state index contributed by atoms with van der Waals surface area (Å²) in [5.74, 6) is -1.31. The third-order valence-corrected chi connectivity index (χ3v) is 4.85. The summed E-state index contributed by atoms with van der Waals surface area (Å²) < 4.78 is 42.4. The Bertz CT molecular complexity index is 938. The summed E-state index contributed by atoms with van der Waals surface area (Å²) in [6.45, 7) is 0. The van der Waals surface area contributed by atoms with E-state index >= 15 is 0 Å². The van der Waals surface area contributed by atoms with E-state index in [1.807, 2.05) is 0 Å². The van der Waals surface area contributed by atoms with E-state index < -0.39 is 26.9 Å². The number of hydrogen-bond donors (Lipinski definition) is 1. The molecule has 0 aliphatic rings. The summed E-state index contributed by atoms with van der Waals surface area (Å²) in [6, 6.07) is 9.88. The molecule has 0 saturated heterocycles. The van der Waals surface area contributed by atoms with Crippen molar-refractivity contribution in [2.45, 2.75) is 4.90 Å². The van der Waals surface area contributed by atoms with Crippen LogP contribution in [0.2, 0.25) is 0 Å². The molecular formula is C17H17NO7S. The third-order valence-electron chi connectivity index (χ3n) is 3.45. The van der Waals surface area contributed by atoms with Crippen LogP contribution >= 0.6 is 0 Å². The number of carbonyl (C=O) groups is 2. The fourth-order valence-corrected chi connectivity index (χ4v) is 3.49. The number of benzene rings is 2. The summed E-state index contributed by atoms with van der Waals surface area (Å²) >= 11 is 0. The highest BCUT2D eigenvalue weighted by molar-refractivity contribution is 7.92. The first-order chi connectivity index (χ1) is 12.3. The first kappa shape index (κ1) is 19.3.